The molecule has 0 aromatic carbocycles. The van der Waals surface area contributed by atoms with Crippen LogP contribution in [0.15, 0.2) is 0 Å². The van der Waals surface area contributed by atoms with E-state index < -0.39 is 0 Å². The lowest BCUT2D eigenvalue weighted by Gasteiger charge is -2.21. The molecule has 0 aliphatic heterocycles. The van der Waals surface area contributed by atoms with E-state index in [0.29, 0.717) is 0 Å². The van der Waals surface area contributed by atoms with Gasteiger partial charge in [0, 0.05) is 31.3 Å². The molecular weight excluding hydrogens is 246 g/mol. The van der Waals surface area contributed by atoms with E-state index in [2.05, 4.69) is 40.5 Å². The van der Waals surface area contributed by atoms with Crippen LogP contribution in [0, 0.1) is 6.92 Å². The number of nitrogens with one attached hydrogen (secondary N) is 1. The highest BCUT2D eigenvalue weighted by Crippen LogP contribution is 2.22. The number of aryl methyl sites for hydroxylation is 1. The molecule has 0 radical (unpaired) electrons. The van der Waals surface area contributed by atoms with Gasteiger partial charge in [-0.1, -0.05) is 6.92 Å². The smallest absolute Gasteiger partial charge is 0.148 e. The zero-order chi connectivity index (χ0) is 13.5. The monoisotopic (exact) mass is 269 g/mol. The Kier molecular flexibility index (Phi) is 6.21. The third-order valence-electron chi connectivity index (χ3n) is 2.77. The van der Waals surface area contributed by atoms with E-state index in [4.69, 9.17) is 5.84 Å². The summed E-state index contributed by atoms with van der Waals surface area (Å²) in [6.07, 6.45) is 4.01. The van der Waals surface area contributed by atoms with Crippen LogP contribution in [0.25, 0.3) is 0 Å². The first kappa shape index (κ1) is 15.0. The topological polar surface area (TPSA) is 67.1 Å². The fourth-order valence-electron chi connectivity index (χ4n) is 1.73. The van der Waals surface area contributed by atoms with Crippen LogP contribution in [-0.2, 0) is 6.42 Å². The SMILES string of the molecule is CCCc1nc(NN)c(C)c(N(C)CCSC)n1. The normalized spacial score (nSPS) is 10.5. The van der Waals surface area contributed by atoms with Gasteiger partial charge in [0.15, 0.2) is 0 Å². The Labute approximate surface area is 114 Å². The lowest BCUT2D eigenvalue weighted by Crippen LogP contribution is -2.24. The zero-order valence-corrected chi connectivity index (χ0v) is 12.5. The van der Waals surface area contributed by atoms with Crippen LogP contribution < -0.4 is 16.2 Å². The number of nitrogens with zero attached hydrogens (tertiary/aromatic N) is 3. The average Bonchev–Trinajstić information content (AvgIpc) is 2.38. The van der Waals surface area contributed by atoms with E-state index in [1.165, 1.54) is 0 Å². The molecule has 1 heterocycles. The van der Waals surface area contributed by atoms with E-state index in [1.54, 1.807) is 0 Å². The molecule has 6 heteroatoms. The minimum Gasteiger partial charge on any atom is -0.358 e. The molecule has 0 fully saturated rings. The molecule has 0 atom stereocenters. The molecule has 102 valence electrons. The largest absolute Gasteiger partial charge is 0.358 e. The highest BCUT2D eigenvalue weighted by molar-refractivity contribution is 7.98. The number of anilines is 2. The Balaban J connectivity index is 3.03. The van der Waals surface area contributed by atoms with Gasteiger partial charge >= 0.3 is 0 Å². The van der Waals surface area contributed by atoms with E-state index in [9.17, 15) is 0 Å². The zero-order valence-electron chi connectivity index (χ0n) is 11.7. The van der Waals surface area contributed by atoms with E-state index >= 15 is 0 Å². The number of hydrazine groups is 1. The van der Waals surface area contributed by atoms with Gasteiger partial charge in [0.1, 0.15) is 17.5 Å². The Morgan fingerprint density at radius 3 is 2.67 bits per heavy atom. The number of hydrogen-bond acceptors (Lipinski definition) is 6. The predicted molar refractivity (Wildman–Crippen MR) is 80.2 cm³/mol. The number of thioether (sulfide) groups is 1. The molecule has 0 amide bonds. The number of rotatable bonds is 7. The van der Waals surface area contributed by atoms with E-state index in [1.807, 2.05) is 18.7 Å². The molecule has 0 unspecified atom stereocenters. The van der Waals surface area contributed by atoms with Gasteiger partial charge in [-0.05, 0) is 19.6 Å². The number of nitrogens with two attached hydrogens (primary N) is 1. The fourth-order valence-corrected chi connectivity index (χ4v) is 2.19. The van der Waals surface area contributed by atoms with Crippen molar-refractivity contribution in [2.75, 3.05) is 35.9 Å². The van der Waals surface area contributed by atoms with Crippen LogP contribution >= 0.6 is 11.8 Å². The average molecular weight is 269 g/mol. The number of hydrogen-bond donors (Lipinski definition) is 2. The molecule has 5 nitrogen and oxygen atoms in total. The second-order valence-corrected chi connectivity index (χ2v) is 5.23. The fraction of sp³-hybridized carbons (Fsp3) is 0.667. The van der Waals surface area contributed by atoms with Gasteiger partial charge in [-0.25, -0.2) is 15.8 Å². The number of nitrogen functional groups attached to an aromatic ring is 1. The minimum atomic E-state index is 0.722. The Morgan fingerprint density at radius 1 is 1.39 bits per heavy atom. The standard InChI is InChI=1S/C12H23N5S/c1-5-6-10-14-11(16-13)9(2)12(15-10)17(3)7-8-18-4/h5-8,13H2,1-4H3,(H,14,15,16). The predicted octanol–water partition coefficient (Wildman–Crippen LogP) is 1.82. The molecule has 1 aromatic heterocycles. The van der Waals surface area contributed by atoms with Crippen molar-refractivity contribution in [3.05, 3.63) is 11.4 Å². The minimum absolute atomic E-state index is 0.722. The van der Waals surface area contributed by atoms with Crippen LogP contribution in [-0.4, -0.2) is 35.6 Å². The van der Waals surface area contributed by atoms with Crippen molar-refractivity contribution in [2.45, 2.75) is 26.7 Å². The van der Waals surface area contributed by atoms with Crippen molar-refractivity contribution in [2.24, 2.45) is 5.84 Å². The van der Waals surface area contributed by atoms with Gasteiger partial charge in [0.25, 0.3) is 0 Å². The first-order valence-corrected chi connectivity index (χ1v) is 7.57. The Hall–Kier alpha value is -1.01. The summed E-state index contributed by atoms with van der Waals surface area (Å²) < 4.78 is 0. The van der Waals surface area contributed by atoms with Crippen molar-refractivity contribution in [3.63, 3.8) is 0 Å². The Bertz CT molecular complexity index is 383. The third-order valence-corrected chi connectivity index (χ3v) is 3.36. The maximum Gasteiger partial charge on any atom is 0.148 e. The van der Waals surface area contributed by atoms with Crippen molar-refractivity contribution in [1.29, 1.82) is 0 Å². The molecule has 0 spiro atoms. The molecule has 0 saturated carbocycles. The van der Waals surface area contributed by atoms with Gasteiger partial charge in [-0.2, -0.15) is 11.8 Å². The summed E-state index contributed by atoms with van der Waals surface area (Å²) in [5, 5.41) is 0. The molecule has 0 aliphatic carbocycles. The molecule has 1 aromatic rings. The van der Waals surface area contributed by atoms with Gasteiger partial charge < -0.3 is 10.3 Å². The van der Waals surface area contributed by atoms with Crippen molar-refractivity contribution in [1.82, 2.24) is 9.97 Å². The summed E-state index contributed by atoms with van der Waals surface area (Å²) in [6.45, 7) is 5.08. The van der Waals surface area contributed by atoms with Gasteiger partial charge in [0.05, 0.1) is 0 Å². The molecule has 3 N–H and O–H groups in total. The molecule has 0 bridgehead atoms. The van der Waals surface area contributed by atoms with Gasteiger partial charge in [0.2, 0.25) is 0 Å². The third kappa shape index (κ3) is 3.74. The Morgan fingerprint density at radius 2 is 2.11 bits per heavy atom. The summed E-state index contributed by atoms with van der Waals surface area (Å²) in [5.41, 5.74) is 3.66. The van der Waals surface area contributed by atoms with E-state index in [0.717, 1.165) is 48.2 Å². The maximum absolute atomic E-state index is 5.52. The summed E-state index contributed by atoms with van der Waals surface area (Å²) in [5.74, 6) is 9.14. The second kappa shape index (κ2) is 7.43. The second-order valence-electron chi connectivity index (χ2n) is 4.25. The lowest BCUT2D eigenvalue weighted by molar-refractivity contribution is 0.815. The van der Waals surface area contributed by atoms with Crippen LogP contribution in [0.2, 0.25) is 0 Å². The van der Waals surface area contributed by atoms with Crippen LogP contribution in [0.4, 0.5) is 11.6 Å². The number of aromatic nitrogens is 2. The van der Waals surface area contributed by atoms with Gasteiger partial charge in [-0.15, -0.1) is 0 Å². The summed E-state index contributed by atoms with van der Waals surface area (Å²) >= 11 is 1.83. The van der Waals surface area contributed by atoms with E-state index in [-0.39, 0.29) is 0 Å². The first-order valence-electron chi connectivity index (χ1n) is 6.18. The van der Waals surface area contributed by atoms with Crippen LogP contribution in [0.1, 0.15) is 24.7 Å². The quantitative estimate of drug-likeness (QED) is 0.581. The molecule has 0 aliphatic rings. The summed E-state index contributed by atoms with van der Waals surface area (Å²) in [7, 11) is 2.06. The van der Waals surface area contributed by atoms with Crippen LogP contribution in [0.3, 0.4) is 0 Å². The molecule has 0 saturated heterocycles. The highest BCUT2D eigenvalue weighted by Gasteiger charge is 2.13. The van der Waals surface area contributed by atoms with Gasteiger partial charge in [-0.3, -0.25) is 0 Å². The van der Waals surface area contributed by atoms with Crippen molar-refractivity contribution in [3.8, 4) is 0 Å². The van der Waals surface area contributed by atoms with Crippen molar-refractivity contribution < 1.29 is 0 Å². The first-order chi connectivity index (χ1) is 8.63. The molecular formula is C12H23N5S. The van der Waals surface area contributed by atoms with Crippen LogP contribution in [0.5, 0.6) is 0 Å². The summed E-state index contributed by atoms with van der Waals surface area (Å²) in [6, 6.07) is 0. The lowest BCUT2D eigenvalue weighted by atomic mass is 10.2. The maximum atomic E-state index is 5.52. The molecule has 1 rings (SSSR count). The molecule has 18 heavy (non-hydrogen) atoms. The summed E-state index contributed by atoms with van der Waals surface area (Å²) in [4.78, 5) is 11.2. The highest BCUT2D eigenvalue weighted by atomic mass is 32.2. The van der Waals surface area contributed by atoms with Crippen molar-refractivity contribution >= 4 is 23.4 Å².